The van der Waals surface area contributed by atoms with E-state index in [1.54, 1.807) is 50.4 Å². The number of rotatable bonds is 8. The second-order valence-electron chi connectivity index (χ2n) is 12.4. The van der Waals surface area contributed by atoms with Gasteiger partial charge in [-0.3, -0.25) is 0 Å². The molecule has 3 heterocycles. The maximum absolute atomic E-state index is 15.6. The molecule has 6 rings (SSSR count). The van der Waals surface area contributed by atoms with Crippen molar-refractivity contribution in [1.29, 1.82) is 0 Å². The van der Waals surface area contributed by atoms with E-state index in [-0.39, 0.29) is 18.2 Å². The van der Waals surface area contributed by atoms with E-state index >= 15 is 4.39 Å². The van der Waals surface area contributed by atoms with Gasteiger partial charge in [-0.1, -0.05) is 24.3 Å². The summed E-state index contributed by atoms with van der Waals surface area (Å²) in [5.41, 5.74) is 4.87. The molecule has 8 nitrogen and oxygen atoms in total. The first-order chi connectivity index (χ1) is 21.9. The summed E-state index contributed by atoms with van der Waals surface area (Å²) in [5.74, 6) is -1.22. The van der Waals surface area contributed by atoms with E-state index in [2.05, 4.69) is 0 Å². The summed E-state index contributed by atoms with van der Waals surface area (Å²) in [6.07, 6.45) is -0.0349. The van der Waals surface area contributed by atoms with Gasteiger partial charge < -0.3 is 19.3 Å². The Hall–Kier alpha value is -4.83. The van der Waals surface area contributed by atoms with Crippen molar-refractivity contribution in [2.24, 2.45) is 0 Å². The highest BCUT2D eigenvalue weighted by atomic mass is 19.1. The molecule has 2 aromatic heterocycles. The van der Waals surface area contributed by atoms with Gasteiger partial charge in [0, 0.05) is 34.0 Å². The fourth-order valence-corrected chi connectivity index (χ4v) is 5.83. The molecule has 0 saturated carbocycles. The molecule has 0 radical (unpaired) electrons. The molecule has 3 aromatic carbocycles. The minimum absolute atomic E-state index is 0.232. The summed E-state index contributed by atoms with van der Waals surface area (Å²) in [6, 6.07) is 16.7. The zero-order valence-electron chi connectivity index (χ0n) is 26.4. The third-order valence-corrected chi connectivity index (χ3v) is 7.93. The third-order valence-electron chi connectivity index (χ3n) is 7.93. The number of nitrogens with zero attached hydrogens (tertiary/aromatic N) is 3. The number of hydrogen-bond donors (Lipinski definition) is 1. The molecular weight excluding hydrogens is 592 g/mol. The fraction of sp³-hybridized carbons (Fsp3) is 0.306. The van der Waals surface area contributed by atoms with Gasteiger partial charge in [-0.2, -0.15) is 5.10 Å². The molecule has 238 valence electrons. The average molecular weight is 628 g/mol. The summed E-state index contributed by atoms with van der Waals surface area (Å²) in [5, 5.41) is 15.3. The molecule has 1 unspecified atom stereocenters. The minimum atomic E-state index is -1.41. The van der Waals surface area contributed by atoms with Gasteiger partial charge >= 0.3 is 5.97 Å². The fourth-order valence-electron chi connectivity index (χ4n) is 5.83. The van der Waals surface area contributed by atoms with Crippen LogP contribution in [0.2, 0.25) is 0 Å². The van der Waals surface area contributed by atoms with Gasteiger partial charge in [0.2, 0.25) is 0 Å². The lowest BCUT2D eigenvalue weighted by Gasteiger charge is -2.28. The quantitative estimate of drug-likeness (QED) is 0.188. The number of aryl methyl sites for hydroxylation is 1. The summed E-state index contributed by atoms with van der Waals surface area (Å²) in [4.78, 5) is 17.5. The first-order valence-corrected chi connectivity index (χ1v) is 15.1. The zero-order chi connectivity index (χ0) is 32.7. The van der Waals surface area contributed by atoms with Crippen LogP contribution in [0.25, 0.3) is 28.2 Å². The van der Waals surface area contributed by atoms with Crippen molar-refractivity contribution in [3.63, 3.8) is 0 Å². The van der Waals surface area contributed by atoms with Gasteiger partial charge in [0.15, 0.2) is 23.3 Å². The molecule has 1 aliphatic rings. The van der Waals surface area contributed by atoms with Crippen LogP contribution >= 0.6 is 0 Å². The molecule has 5 aromatic rings. The number of halogens is 2. The Kier molecular flexibility index (Phi) is 8.24. The van der Waals surface area contributed by atoms with Crippen molar-refractivity contribution in [1.82, 2.24) is 14.6 Å². The predicted molar refractivity (Wildman–Crippen MR) is 169 cm³/mol. The highest BCUT2D eigenvalue weighted by molar-refractivity contribution is 5.82. The molecule has 10 heteroatoms. The lowest BCUT2D eigenvalue weighted by Crippen LogP contribution is -2.29. The molecule has 0 spiro atoms. The van der Waals surface area contributed by atoms with E-state index in [1.807, 2.05) is 31.2 Å². The molecule has 0 aliphatic carbocycles. The summed E-state index contributed by atoms with van der Waals surface area (Å²) < 4.78 is 48.3. The molecule has 1 atom stereocenters. The minimum Gasteiger partial charge on any atom is -0.490 e. The van der Waals surface area contributed by atoms with Crippen LogP contribution in [-0.4, -0.2) is 37.9 Å². The van der Waals surface area contributed by atoms with Crippen molar-refractivity contribution >= 4 is 11.6 Å². The van der Waals surface area contributed by atoms with Gasteiger partial charge in [-0.05, 0) is 88.9 Å². The maximum atomic E-state index is 15.6. The second-order valence-corrected chi connectivity index (χ2v) is 12.4. The molecule has 0 bridgehead atoms. The Labute approximate surface area is 265 Å². The van der Waals surface area contributed by atoms with Gasteiger partial charge in [0.1, 0.15) is 18.2 Å². The van der Waals surface area contributed by atoms with E-state index in [9.17, 15) is 14.3 Å². The highest BCUT2D eigenvalue weighted by Crippen LogP contribution is 2.42. The monoisotopic (exact) mass is 627 g/mol. The van der Waals surface area contributed by atoms with Crippen molar-refractivity contribution < 1.29 is 32.9 Å². The summed E-state index contributed by atoms with van der Waals surface area (Å²) in [6.45, 7) is 9.64. The Bertz CT molecular complexity index is 1950. The molecule has 46 heavy (non-hydrogen) atoms. The summed E-state index contributed by atoms with van der Waals surface area (Å²) >= 11 is 0. The standard InChI is InChI=1S/C36H35F2N3O5/c1-20-26-10-7-15-44-33(26)28(38)17-27(20)32-31(34(35(42)43)46-36(3,4)5)21(2)39-30-18-29(40-41(30)32)23-8-6-9-25(16-23)45-19-22-11-13-24(37)14-12-22/h6,8-9,11-14,16-18,34H,7,10,15,19H2,1-5H3,(H,42,43). The average Bonchev–Trinajstić information content (AvgIpc) is 3.44. The number of ether oxygens (including phenoxy) is 3. The number of carboxylic acid groups (broad SMARTS) is 1. The van der Waals surface area contributed by atoms with Crippen LogP contribution in [0, 0.1) is 25.5 Å². The Morgan fingerprint density at radius 3 is 2.57 bits per heavy atom. The molecule has 1 N–H and O–H groups in total. The van der Waals surface area contributed by atoms with Crippen LogP contribution in [0.4, 0.5) is 8.78 Å². The largest absolute Gasteiger partial charge is 0.490 e. The van der Waals surface area contributed by atoms with Gasteiger partial charge in [-0.25, -0.2) is 23.1 Å². The molecule has 0 amide bonds. The van der Waals surface area contributed by atoms with Gasteiger partial charge in [-0.15, -0.1) is 0 Å². The van der Waals surface area contributed by atoms with Crippen molar-refractivity contribution in [3.8, 4) is 34.0 Å². The zero-order valence-corrected chi connectivity index (χ0v) is 26.4. The number of carbonyl (C=O) groups is 1. The van der Waals surface area contributed by atoms with Gasteiger partial charge in [0.05, 0.1) is 23.6 Å². The third kappa shape index (κ3) is 6.17. The number of benzene rings is 3. The number of aromatic nitrogens is 3. The van der Waals surface area contributed by atoms with E-state index in [1.165, 1.54) is 18.2 Å². The van der Waals surface area contributed by atoms with Gasteiger partial charge in [0.25, 0.3) is 0 Å². The van der Waals surface area contributed by atoms with E-state index in [0.29, 0.717) is 52.6 Å². The number of fused-ring (bicyclic) bond motifs is 2. The lowest BCUT2D eigenvalue weighted by molar-refractivity contribution is -0.160. The van der Waals surface area contributed by atoms with Crippen LogP contribution in [0.3, 0.4) is 0 Å². The van der Waals surface area contributed by atoms with Crippen LogP contribution in [-0.2, 0) is 22.6 Å². The highest BCUT2D eigenvalue weighted by Gasteiger charge is 2.34. The van der Waals surface area contributed by atoms with Crippen molar-refractivity contribution in [2.45, 2.75) is 65.8 Å². The van der Waals surface area contributed by atoms with Crippen molar-refractivity contribution in [2.75, 3.05) is 6.61 Å². The predicted octanol–water partition coefficient (Wildman–Crippen LogP) is 7.80. The van der Waals surface area contributed by atoms with E-state index in [0.717, 1.165) is 28.7 Å². The normalized spacial score (nSPS) is 13.7. The van der Waals surface area contributed by atoms with Crippen LogP contribution in [0.1, 0.15) is 61.2 Å². The summed E-state index contributed by atoms with van der Waals surface area (Å²) in [7, 11) is 0. The SMILES string of the molecule is Cc1nc2cc(-c3cccc(OCc4ccc(F)cc4)c3)nn2c(-c2cc(F)c3c(c2C)CCCO3)c1C(OC(C)(C)C)C(=O)O. The number of hydrogen-bond acceptors (Lipinski definition) is 6. The first-order valence-electron chi connectivity index (χ1n) is 15.1. The van der Waals surface area contributed by atoms with E-state index < -0.39 is 23.5 Å². The topological polar surface area (TPSA) is 95.2 Å². The lowest BCUT2D eigenvalue weighted by atomic mass is 9.91. The van der Waals surface area contributed by atoms with Crippen LogP contribution < -0.4 is 9.47 Å². The Morgan fingerprint density at radius 2 is 1.85 bits per heavy atom. The molecule has 0 saturated heterocycles. The van der Waals surface area contributed by atoms with E-state index in [4.69, 9.17) is 24.3 Å². The number of aliphatic carboxylic acids is 1. The van der Waals surface area contributed by atoms with Crippen LogP contribution in [0.15, 0.2) is 60.7 Å². The Morgan fingerprint density at radius 1 is 1.09 bits per heavy atom. The maximum Gasteiger partial charge on any atom is 0.337 e. The first kappa shape index (κ1) is 31.2. The van der Waals surface area contributed by atoms with Crippen LogP contribution in [0.5, 0.6) is 11.5 Å². The second kappa shape index (κ2) is 12.2. The smallest absolute Gasteiger partial charge is 0.337 e. The molecule has 0 fully saturated rings. The number of carboxylic acids is 1. The van der Waals surface area contributed by atoms with Crippen molar-refractivity contribution in [3.05, 3.63) is 100 Å². The Balaban J connectivity index is 1.52. The molecular formula is C36H35F2N3O5. The molecule has 1 aliphatic heterocycles.